The minimum Gasteiger partial charge on any atom is -0.356 e. The molecule has 1 aromatic heterocycles. The molecule has 0 saturated carbocycles. The van der Waals surface area contributed by atoms with E-state index < -0.39 is 0 Å². The molecule has 0 aliphatic carbocycles. The van der Waals surface area contributed by atoms with Crippen LogP contribution in [0.1, 0.15) is 12.6 Å². The molecule has 0 radical (unpaired) electrons. The van der Waals surface area contributed by atoms with Gasteiger partial charge in [-0.2, -0.15) is 0 Å². The summed E-state index contributed by atoms with van der Waals surface area (Å²) in [7, 11) is 0. The molecular formula is C12H13ClN2O. The van der Waals surface area contributed by atoms with Crippen molar-refractivity contribution in [2.75, 3.05) is 6.54 Å². The Bertz CT molecular complexity index is 468. The van der Waals surface area contributed by atoms with Gasteiger partial charge in [0.15, 0.2) is 5.76 Å². The summed E-state index contributed by atoms with van der Waals surface area (Å²) in [6.45, 7) is 3.69. The summed E-state index contributed by atoms with van der Waals surface area (Å²) >= 11 is 5.91. The van der Waals surface area contributed by atoms with Crippen LogP contribution in [0.25, 0.3) is 11.3 Å². The summed E-state index contributed by atoms with van der Waals surface area (Å²) in [5.41, 5.74) is 1.85. The van der Waals surface area contributed by atoms with Crippen molar-refractivity contribution in [1.29, 1.82) is 0 Å². The van der Waals surface area contributed by atoms with Crippen LogP contribution in [-0.4, -0.2) is 11.7 Å². The number of benzene rings is 1. The second-order valence-electron chi connectivity index (χ2n) is 3.47. The van der Waals surface area contributed by atoms with Crippen molar-refractivity contribution in [3.05, 3.63) is 41.0 Å². The van der Waals surface area contributed by atoms with Crippen LogP contribution in [0.15, 0.2) is 34.9 Å². The fourth-order valence-electron chi connectivity index (χ4n) is 1.43. The van der Waals surface area contributed by atoms with Crippen molar-refractivity contribution in [3.63, 3.8) is 0 Å². The molecule has 3 nitrogen and oxygen atoms in total. The predicted molar refractivity (Wildman–Crippen MR) is 64.3 cm³/mol. The molecule has 2 aromatic rings. The van der Waals surface area contributed by atoms with E-state index in [9.17, 15) is 0 Å². The Morgan fingerprint density at radius 2 is 2.25 bits per heavy atom. The highest BCUT2D eigenvalue weighted by Gasteiger charge is 2.06. The Morgan fingerprint density at radius 3 is 3.00 bits per heavy atom. The van der Waals surface area contributed by atoms with E-state index in [0.29, 0.717) is 5.02 Å². The third-order valence-electron chi connectivity index (χ3n) is 2.22. The summed E-state index contributed by atoms with van der Waals surface area (Å²) in [6, 6.07) is 9.46. The van der Waals surface area contributed by atoms with Gasteiger partial charge in [0.25, 0.3) is 0 Å². The second-order valence-corrected chi connectivity index (χ2v) is 3.91. The molecule has 0 amide bonds. The number of hydrogen-bond acceptors (Lipinski definition) is 3. The minimum absolute atomic E-state index is 0.696. The maximum Gasteiger partial charge on any atom is 0.167 e. The van der Waals surface area contributed by atoms with Crippen LogP contribution in [0, 0.1) is 0 Å². The molecule has 1 aromatic carbocycles. The molecule has 2 rings (SSSR count). The Hall–Kier alpha value is -1.32. The van der Waals surface area contributed by atoms with Gasteiger partial charge in [-0.3, -0.25) is 0 Å². The van der Waals surface area contributed by atoms with Crippen molar-refractivity contribution in [2.24, 2.45) is 0 Å². The molecule has 0 saturated heterocycles. The van der Waals surface area contributed by atoms with Gasteiger partial charge in [0.1, 0.15) is 0 Å². The smallest absolute Gasteiger partial charge is 0.167 e. The average Bonchev–Trinajstić information content (AvgIpc) is 2.75. The molecular weight excluding hydrogens is 224 g/mol. The van der Waals surface area contributed by atoms with E-state index in [-0.39, 0.29) is 0 Å². The first-order chi connectivity index (χ1) is 7.79. The highest BCUT2D eigenvalue weighted by atomic mass is 35.5. The number of halogens is 1. The van der Waals surface area contributed by atoms with Gasteiger partial charge in [0, 0.05) is 23.2 Å². The highest BCUT2D eigenvalue weighted by Crippen LogP contribution is 2.23. The summed E-state index contributed by atoms with van der Waals surface area (Å²) in [6.07, 6.45) is 0. The van der Waals surface area contributed by atoms with Crippen molar-refractivity contribution in [2.45, 2.75) is 13.5 Å². The number of aromatic nitrogens is 1. The molecule has 84 valence electrons. The number of hydrogen-bond donors (Lipinski definition) is 1. The lowest BCUT2D eigenvalue weighted by atomic mass is 10.1. The Labute approximate surface area is 99.4 Å². The summed E-state index contributed by atoms with van der Waals surface area (Å²) in [4.78, 5) is 0. The van der Waals surface area contributed by atoms with Crippen LogP contribution < -0.4 is 5.32 Å². The third-order valence-corrected chi connectivity index (χ3v) is 2.46. The normalized spacial score (nSPS) is 10.6. The van der Waals surface area contributed by atoms with Gasteiger partial charge in [-0.25, -0.2) is 0 Å². The first kappa shape index (κ1) is 11.2. The van der Waals surface area contributed by atoms with E-state index in [1.54, 1.807) is 0 Å². The van der Waals surface area contributed by atoms with Gasteiger partial charge in [0.05, 0.1) is 5.69 Å². The van der Waals surface area contributed by atoms with Crippen molar-refractivity contribution >= 4 is 11.6 Å². The fourth-order valence-corrected chi connectivity index (χ4v) is 1.62. The van der Waals surface area contributed by atoms with Gasteiger partial charge in [-0.1, -0.05) is 35.8 Å². The molecule has 1 heterocycles. The monoisotopic (exact) mass is 236 g/mol. The molecule has 0 atom stereocenters. The molecule has 0 aliphatic rings. The lowest BCUT2D eigenvalue weighted by molar-refractivity contribution is 0.420. The summed E-state index contributed by atoms with van der Waals surface area (Å²) < 4.78 is 5.25. The van der Waals surface area contributed by atoms with Crippen LogP contribution in [-0.2, 0) is 6.54 Å². The van der Waals surface area contributed by atoms with E-state index in [0.717, 1.165) is 30.1 Å². The summed E-state index contributed by atoms with van der Waals surface area (Å²) in [5, 5.41) is 7.87. The molecule has 4 heteroatoms. The molecule has 16 heavy (non-hydrogen) atoms. The Morgan fingerprint density at radius 1 is 1.38 bits per heavy atom. The highest BCUT2D eigenvalue weighted by molar-refractivity contribution is 6.30. The van der Waals surface area contributed by atoms with Gasteiger partial charge in [-0.15, -0.1) is 0 Å². The summed E-state index contributed by atoms with van der Waals surface area (Å²) in [5.74, 6) is 0.746. The van der Waals surface area contributed by atoms with E-state index in [1.807, 2.05) is 30.3 Å². The molecule has 0 fully saturated rings. The van der Waals surface area contributed by atoms with Crippen LogP contribution in [0.5, 0.6) is 0 Å². The third kappa shape index (κ3) is 2.62. The first-order valence-corrected chi connectivity index (χ1v) is 5.59. The van der Waals surface area contributed by atoms with E-state index >= 15 is 0 Å². The Kier molecular flexibility index (Phi) is 3.59. The van der Waals surface area contributed by atoms with Crippen molar-refractivity contribution in [1.82, 2.24) is 10.5 Å². The lowest BCUT2D eigenvalue weighted by Crippen LogP contribution is -2.11. The Balaban J connectivity index is 2.18. The number of rotatable bonds is 4. The zero-order valence-corrected chi connectivity index (χ0v) is 9.79. The van der Waals surface area contributed by atoms with E-state index in [4.69, 9.17) is 16.1 Å². The van der Waals surface area contributed by atoms with Gasteiger partial charge in [-0.05, 0) is 18.7 Å². The van der Waals surface area contributed by atoms with Gasteiger partial charge in [0.2, 0.25) is 0 Å². The van der Waals surface area contributed by atoms with Crippen LogP contribution in [0.2, 0.25) is 5.02 Å². The zero-order chi connectivity index (χ0) is 11.4. The zero-order valence-electron chi connectivity index (χ0n) is 9.03. The predicted octanol–water partition coefficient (Wildman–Crippen LogP) is 3.10. The standard InChI is InChI=1S/C12H13ClN2O/c1-2-14-8-11-7-12(16-15-11)9-4-3-5-10(13)6-9/h3-7,14H,2,8H2,1H3. The number of nitrogens with one attached hydrogen (secondary N) is 1. The quantitative estimate of drug-likeness (QED) is 0.887. The first-order valence-electron chi connectivity index (χ1n) is 5.22. The van der Waals surface area contributed by atoms with Crippen LogP contribution >= 0.6 is 11.6 Å². The van der Waals surface area contributed by atoms with Gasteiger partial charge < -0.3 is 9.84 Å². The SMILES string of the molecule is CCNCc1cc(-c2cccc(Cl)c2)on1. The van der Waals surface area contributed by atoms with Gasteiger partial charge >= 0.3 is 0 Å². The topological polar surface area (TPSA) is 38.1 Å². The van der Waals surface area contributed by atoms with Crippen LogP contribution in [0.4, 0.5) is 0 Å². The average molecular weight is 237 g/mol. The van der Waals surface area contributed by atoms with E-state index in [2.05, 4.69) is 17.4 Å². The molecule has 0 unspecified atom stereocenters. The second kappa shape index (κ2) is 5.14. The maximum absolute atomic E-state index is 5.91. The van der Waals surface area contributed by atoms with Crippen molar-refractivity contribution < 1.29 is 4.52 Å². The molecule has 0 spiro atoms. The molecule has 0 bridgehead atoms. The fraction of sp³-hybridized carbons (Fsp3) is 0.250. The number of nitrogens with zero attached hydrogens (tertiary/aromatic N) is 1. The van der Waals surface area contributed by atoms with Crippen LogP contribution in [0.3, 0.4) is 0 Å². The van der Waals surface area contributed by atoms with Crippen molar-refractivity contribution in [3.8, 4) is 11.3 Å². The minimum atomic E-state index is 0.696. The lowest BCUT2D eigenvalue weighted by Gasteiger charge is -1.95. The maximum atomic E-state index is 5.91. The van der Waals surface area contributed by atoms with E-state index in [1.165, 1.54) is 0 Å². The molecule has 0 aliphatic heterocycles. The largest absolute Gasteiger partial charge is 0.356 e. The molecule has 1 N–H and O–H groups in total.